The summed E-state index contributed by atoms with van der Waals surface area (Å²) in [5.74, 6) is 0.271. The predicted octanol–water partition coefficient (Wildman–Crippen LogP) is 5.53. The maximum atomic E-state index is 13.8. The maximum absolute atomic E-state index is 13.8. The number of fused-ring (bicyclic) bond motifs is 1. The van der Waals surface area contributed by atoms with E-state index in [9.17, 15) is 18.0 Å². The molecule has 0 saturated carbocycles. The molecule has 0 aliphatic carbocycles. The Kier molecular flexibility index (Phi) is 7.90. The van der Waals surface area contributed by atoms with Crippen LogP contribution in [0.4, 0.5) is 13.2 Å². The average Bonchev–Trinajstić information content (AvgIpc) is 3.65. The third-order valence-corrected chi connectivity index (χ3v) is 7.43. The number of H-pyrrole nitrogens is 1. The van der Waals surface area contributed by atoms with Gasteiger partial charge in [-0.2, -0.15) is 13.2 Å². The largest absolute Gasteiger partial charge is 0.416 e. The lowest BCUT2D eigenvalue weighted by atomic mass is 10.0. The van der Waals surface area contributed by atoms with Gasteiger partial charge in [-0.25, -0.2) is 5.10 Å². The highest BCUT2D eigenvalue weighted by molar-refractivity contribution is 6.30. The van der Waals surface area contributed by atoms with Crippen molar-refractivity contribution in [3.63, 3.8) is 0 Å². The number of nitrogens with zero attached hydrogens (tertiary/aromatic N) is 5. The van der Waals surface area contributed by atoms with E-state index in [2.05, 4.69) is 20.6 Å². The summed E-state index contributed by atoms with van der Waals surface area (Å²) < 4.78 is 48.4. The molecule has 2 aromatic heterocycles. The number of amides is 1. The standard InChI is InChI=1S/C27H28ClF3N6O2/c1-36-22-9-8-19(27(29,30)31)14-21(22)24(26(38)37-11-10-18(15-37)25-32-34-35-33-25)23(36)7-2-3-12-39-16-17-5-4-6-20(28)13-17/h4-6,8-9,13-14,18H,2-3,7,10-12,15-16H2,1H3,(H,32,33,34,35)/t18-/m0/s1. The first kappa shape index (κ1) is 27.1. The molecule has 1 atom stereocenters. The summed E-state index contributed by atoms with van der Waals surface area (Å²) in [6, 6.07) is 11.1. The van der Waals surface area contributed by atoms with Crippen molar-refractivity contribution in [1.29, 1.82) is 0 Å². The van der Waals surface area contributed by atoms with Gasteiger partial charge in [-0.1, -0.05) is 23.7 Å². The molecule has 1 aliphatic rings. The monoisotopic (exact) mass is 560 g/mol. The lowest BCUT2D eigenvalue weighted by Crippen LogP contribution is -2.29. The average molecular weight is 561 g/mol. The topological polar surface area (TPSA) is 88.9 Å². The summed E-state index contributed by atoms with van der Waals surface area (Å²) in [6.45, 7) is 1.81. The van der Waals surface area contributed by atoms with Crippen LogP contribution in [-0.2, 0) is 31.0 Å². The number of rotatable bonds is 9. The summed E-state index contributed by atoms with van der Waals surface area (Å²) in [5, 5.41) is 14.9. The zero-order valence-corrected chi connectivity index (χ0v) is 22.1. The number of benzene rings is 2. The van der Waals surface area contributed by atoms with Crippen LogP contribution in [0.15, 0.2) is 42.5 Å². The van der Waals surface area contributed by atoms with Crippen molar-refractivity contribution in [3.05, 3.63) is 75.7 Å². The van der Waals surface area contributed by atoms with E-state index in [1.54, 1.807) is 18.0 Å². The highest BCUT2D eigenvalue weighted by Gasteiger charge is 2.35. The molecule has 1 saturated heterocycles. The van der Waals surface area contributed by atoms with Gasteiger partial charge >= 0.3 is 6.18 Å². The first-order chi connectivity index (χ1) is 18.7. The fourth-order valence-electron chi connectivity index (χ4n) is 5.18. The number of carbonyl (C=O) groups is 1. The molecule has 1 N–H and O–H groups in total. The molecular weight excluding hydrogens is 533 g/mol. The second kappa shape index (κ2) is 11.4. The van der Waals surface area contributed by atoms with Crippen LogP contribution in [0, 0.1) is 0 Å². The summed E-state index contributed by atoms with van der Waals surface area (Å²) >= 11 is 6.02. The summed E-state index contributed by atoms with van der Waals surface area (Å²) in [7, 11) is 1.80. The summed E-state index contributed by atoms with van der Waals surface area (Å²) in [5.41, 5.74) is 1.84. The van der Waals surface area contributed by atoms with Crippen LogP contribution < -0.4 is 0 Å². The van der Waals surface area contributed by atoms with Crippen molar-refractivity contribution < 1.29 is 22.7 Å². The highest BCUT2D eigenvalue weighted by atomic mass is 35.5. The number of unbranched alkanes of at least 4 members (excludes halogenated alkanes) is 1. The second-order valence-corrected chi connectivity index (χ2v) is 10.2. The predicted molar refractivity (Wildman–Crippen MR) is 139 cm³/mol. The molecule has 8 nitrogen and oxygen atoms in total. The van der Waals surface area contributed by atoms with Crippen LogP contribution >= 0.6 is 11.6 Å². The molecule has 39 heavy (non-hydrogen) atoms. The minimum Gasteiger partial charge on any atom is -0.377 e. The lowest BCUT2D eigenvalue weighted by Gasteiger charge is -2.17. The number of nitrogens with one attached hydrogen (secondary N) is 1. The third kappa shape index (κ3) is 5.94. The third-order valence-electron chi connectivity index (χ3n) is 7.20. The van der Waals surface area contributed by atoms with E-state index >= 15 is 0 Å². The SMILES string of the molecule is Cn1c(CCCCOCc2cccc(Cl)c2)c(C(=O)N2CC[C@H](c3nnn[nH]3)C2)c2cc(C(F)(F)F)ccc21. The van der Waals surface area contributed by atoms with Crippen LogP contribution in [0.2, 0.25) is 5.02 Å². The number of halogens is 4. The lowest BCUT2D eigenvalue weighted by molar-refractivity contribution is -0.137. The van der Waals surface area contributed by atoms with Crippen molar-refractivity contribution >= 4 is 28.4 Å². The van der Waals surface area contributed by atoms with Gasteiger partial charge in [-0.3, -0.25) is 4.79 Å². The second-order valence-electron chi connectivity index (χ2n) is 9.77. The van der Waals surface area contributed by atoms with Crippen molar-refractivity contribution in [2.45, 2.75) is 44.4 Å². The number of ether oxygens (including phenoxy) is 1. The number of hydrogen-bond donors (Lipinski definition) is 1. The van der Waals surface area contributed by atoms with Gasteiger partial charge in [0.25, 0.3) is 5.91 Å². The molecule has 12 heteroatoms. The molecule has 0 unspecified atom stereocenters. The molecule has 4 aromatic rings. The molecule has 0 bridgehead atoms. The molecule has 0 spiro atoms. The minimum atomic E-state index is -4.51. The van der Waals surface area contributed by atoms with Gasteiger partial charge < -0.3 is 14.2 Å². The van der Waals surface area contributed by atoms with Gasteiger partial charge in [0.1, 0.15) is 0 Å². The normalized spacial score (nSPS) is 15.9. The quantitative estimate of drug-likeness (QED) is 0.272. The Hall–Kier alpha value is -3.44. The van der Waals surface area contributed by atoms with Crippen molar-refractivity contribution in [1.82, 2.24) is 30.1 Å². The summed E-state index contributed by atoms with van der Waals surface area (Å²) in [4.78, 5) is 15.5. The number of aryl methyl sites for hydroxylation is 1. The Morgan fingerprint density at radius 1 is 1.21 bits per heavy atom. The highest BCUT2D eigenvalue weighted by Crippen LogP contribution is 2.36. The van der Waals surface area contributed by atoms with E-state index in [1.165, 1.54) is 6.07 Å². The van der Waals surface area contributed by atoms with Crippen LogP contribution in [0.5, 0.6) is 0 Å². The van der Waals surface area contributed by atoms with Crippen molar-refractivity contribution in [3.8, 4) is 0 Å². The smallest absolute Gasteiger partial charge is 0.377 e. The van der Waals surface area contributed by atoms with Crippen LogP contribution in [-0.4, -0.2) is 55.7 Å². The van der Waals surface area contributed by atoms with Gasteiger partial charge in [-0.15, -0.1) is 5.10 Å². The number of carbonyl (C=O) groups excluding carboxylic acids is 1. The van der Waals surface area contributed by atoms with Crippen LogP contribution in [0.25, 0.3) is 10.9 Å². The molecule has 206 valence electrons. The first-order valence-electron chi connectivity index (χ1n) is 12.8. The van der Waals surface area contributed by atoms with Gasteiger partial charge in [0.05, 0.1) is 17.7 Å². The Morgan fingerprint density at radius 2 is 2.05 bits per heavy atom. The van der Waals surface area contributed by atoms with E-state index < -0.39 is 11.7 Å². The van der Waals surface area contributed by atoms with Gasteiger partial charge in [0, 0.05) is 54.3 Å². The number of alkyl halides is 3. The van der Waals surface area contributed by atoms with E-state index in [1.807, 2.05) is 22.8 Å². The maximum Gasteiger partial charge on any atom is 0.416 e. The minimum absolute atomic E-state index is 0.0512. The zero-order chi connectivity index (χ0) is 27.6. The molecule has 5 rings (SSSR count). The number of aromatic amines is 1. The first-order valence-corrected chi connectivity index (χ1v) is 13.1. The molecule has 3 heterocycles. The van der Waals surface area contributed by atoms with E-state index in [4.69, 9.17) is 16.3 Å². The molecule has 2 aromatic carbocycles. The Bertz CT molecular complexity index is 1450. The molecule has 1 fully saturated rings. The number of aromatic nitrogens is 5. The Balaban J connectivity index is 1.34. The van der Waals surface area contributed by atoms with Crippen molar-refractivity contribution in [2.24, 2.45) is 7.05 Å². The van der Waals surface area contributed by atoms with Gasteiger partial charge in [0.15, 0.2) is 5.82 Å². The molecule has 1 aliphatic heterocycles. The Labute approximate surface area is 228 Å². The fraction of sp³-hybridized carbons (Fsp3) is 0.407. The van der Waals surface area contributed by atoms with Gasteiger partial charge in [0.2, 0.25) is 0 Å². The number of likely N-dealkylation sites (tertiary alicyclic amines) is 1. The van der Waals surface area contributed by atoms with E-state index in [-0.39, 0.29) is 11.8 Å². The van der Waals surface area contributed by atoms with Crippen LogP contribution in [0.1, 0.15) is 58.2 Å². The Morgan fingerprint density at radius 3 is 2.79 bits per heavy atom. The number of hydrogen-bond acceptors (Lipinski definition) is 5. The van der Waals surface area contributed by atoms with Gasteiger partial charge in [-0.05, 0) is 72.0 Å². The zero-order valence-electron chi connectivity index (χ0n) is 21.3. The van der Waals surface area contributed by atoms with Crippen molar-refractivity contribution in [2.75, 3.05) is 19.7 Å². The fourth-order valence-corrected chi connectivity index (χ4v) is 5.40. The summed E-state index contributed by atoms with van der Waals surface area (Å²) in [6.07, 6.45) is -1.88. The van der Waals surface area contributed by atoms with E-state index in [0.29, 0.717) is 78.6 Å². The molecule has 0 radical (unpaired) electrons. The van der Waals surface area contributed by atoms with E-state index in [0.717, 1.165) is 24.1 Å². The van der Waals surface area contributed by atoms with Crippen LogP contribution in [0.3, 0.4) is 0 Å². The number of tetrazole rings is 1. The molecule has 1 amide bonds. The molecular formula is C27H28ClF3N6O2.